The van der Waals surface area contributed by atoms with Gasteiger partial charge in [0.15, 0.2) is 24.6 Å². The minimum atomic E-state index is -1.21. The van der Waals surface area contributed by atoms with E-state index in [0.717, 1.165) is 31.0 Å². The number of esters is 4. The SMILES string of the molecule is CC(=O)OC[C@H]1O[C@H](OCCCCCCCCCCBr)[C@@H](OC(C)=O)[C@@H](OC(C)=O)[C@@H]1OC(C)=O. The van der Waals surface area contributed by atoms with Crippen LogP contribution in [0.4, 0.5) is 0 Å². The van der Waals surface area contributed by atoms with Gasteiger partial charge in [0.05, 0.1) is 0 Å². The van der Waals surface area contributed by atoms with Crippen molar-refractivity contribution >= 4 is 39.8 Å². The van der Waals surface area contributed by atoms with E-state index in [0.29, 0.717) is 6.61 Å². The third-order valence-corrected chi connectivity index (χ3v) is 5.82. The highest BCUT2D eigenvalue weighted by atomic mass is 79.9. The highest BCUT2D eigenvalue weighted by Crippen LogP contribution is 2.30. The van der Waals surface area contributed by atoms with Crippen LogP contribution in [0, 0.1) is 0 Å². The van der Waals surface area contributed by atoms with Crippen LogP contribution in [0.5, 0.6) is 0 Å². The molecule has 0 radical (unpaired) electrons. The van der Waals surface area contributed by atoms with Gasteiger partial charge >= 0.3 is 23.9 Å². The van der Waals surface area contributed by atoms with Gasteiger partial charge in [-0.1, -0.05) is 54.5 Å². The number of halogens is 1. The number of alkyl halides is 1. The summed E-state index contributed by atoms with van der Waals surface area (Å²) < 4.78 is 32.9. The van der Waals surface area contributed by atoms with Crippen molar-refractivity contribution in [1.82, 2.24) is 0 Å². The number of carbonyl (C=O) groups excluding carboxylic acids is 4. The van der Waals surface area contributed by atoms with Crippen molar-refractivity contribution in [1.29, 1.82) is 0 Å². The number of ether oxygens (including phenoxy) is 6. The average molecular weight is 567 g/mol. The van der Waals surface area contributed by atoms with E-state index in [4.69, 9.17) is 28.4 Å². The Hall–Kier alpha value is -1.72. The fraction of sp³-hybridized carbons (Fsp3) is 0.833. The minimum absolute atomic E-state index is 0.271. The second kappa shape index (κ2) is 17.7. The third kappa shape index (κ3) is 13.2. The Morgan fingerprint density at radius 3 is 1.66 bits per heavy atom. The maximum Gasteiger partial charge on any atom is 0.303 e. The first-order chi connectivity index (χ1) is 16.6. The lowest BCUT2D eigenvalue weighted by Gasteiger charge is -2.44. The maximum absolute atomic E-state index is 11.8. The summed E-state index contributed by atoms with van der Waals surface area (Å²) in [4.78, 5) is 46.7. The number of carbonyl (C=O) groups is 4. The molecule has 202 valence electrons. The fourth-order valence-corrected chi connectivity index (χ4v) is 4.18. The van der Waals surface area contributed by atoms with Gasteiger partial charge in [0.2, 0.25) is 0 Å². The Bertz CT molecular complexity index is 671. The standard InChI is InChI=1S/C24H39BrO10/c1-16(26)31-15-20-21(32-17(2)27)22(33-18(3)28)23(34-19(4)29)24(35-20)30-14-12-10-8-6-5-7-9-11-13-25/h20-24H,5-15H2,1-4H3/t20-,21-,22+,23+,24+/m1/s1. The van der Waals surface area contributed by atoms with Crippen molar-refractivity contribution in [3.63, 3.8) is 0 Å². The van der Waals surface area contributed by atoms with Gasteiger partial charge in [-0.25, -0.2) is 0 Å². The normalized spacial score (nSPS) is 23.9. The number of hydrogen-bond acceptors (Lipinski definition) is 10. The van der Waals surface area contributed by atoms with Gasteiger partial charge in [-0.05, 0) is 12.8 Å². The van der Waals surface area contributed by atoms with Crippen LogP contribution in [-0.4, -0.2) is 73.1 Å². The summed E-state index contributed by atoms with van der Waals surface area (Å²) in [6, 6.07) is 0. The lowest BCUT2D eigenvalue weighted by molar-refractivity contribution is -0.308. The molecule has 1 heterocycles. The zero-order valence-electron chi connectivity index (χ0n) is 21.1. The first-order valence-corrected chi connectivity index (χ1v) is 13.3. The first kappa shape index (κ1) is 31.3. The van der Waals surface area contributed by atoms with E-state index in [1.165, 1.54) is 53.4 Å². The van der Waals surface area contributed by atoms with Crippen molar-refractivity contribution in [2.45, 2.75) is 110 Å². The van der Waals surface area contributed by atoms with Crippen LogP contribution in [0.1, 0.15) is 79.1 Å². The third-order valence-electron chi connectivity index (χ3n) is 5.26. The molecule has 0 spiro atoms. The molecule has 0 bridgehead atoms. The molecule has 0 unspecified atom stereocenters. The lowest BCUT2D eigenvalue weighted by Crippen LogP contribution is -2.63. The summed E-state index contributed by atoms with van der Waals surface area (Å²) in [6.45, 7) is 4.83. The predicted molar refractivity (Wildman–Crippen MR) is 129 cm³/mol. The smallest absolute Gasteiger partial charge is 0.303 e. The molecule has 0 aliphatic carbocycles. The number of rotatable bonds is 16. The molecule has 0 aromatic heterocycles. The molecule has 0 aromatic carbocycles. The molecular formula is C24H39BrO10. The molecule has 1 aliphatic rings. The van der Waals surface area contributed by atoms with Crippen LogP contribution >= 0.6 is 15.9 Å². The number of unbranched alkanes of at least 4 members (excludes halogenated alkanes) is 7. The van der Waals surface area contributed by atoms with Crippen molar-refractivity contribution < 1.29 is 47.6 Å². The maximum atomic E-state index is 11.8. The van der Waals surface area contributed by atoms with E-state index >= 15 is 0 Å². The van der Waals surface area contributed by atoms with Crippen molar-refractivity contribution in [3.05, 3.63) is 0 Å². The zero-order valence-corrected chi connectivity index (χ0v) is 22.7. The molecule has 10 nitrogen and oxygen atoms in total. The van der Waals surface area contributed by atoms with Gasteiger partial charge < -0.3 is 28.4 Å². The molecule has 1 fully saturated rings. The largest absolute Gasteiger partial charge is 0.463 e. The Labute approximate surface area is 215 Å². The van der Waals surface area contributed by atoms with Crippen LogP contribution in [0.15, 0.2) is 0 Å². The van der Waals surface area contributed by atoms with E-state index in [1.54, 1.807) is 0 Å². The molecule has 1 rings (SSSR count). The van der Waals surface area contributed by atoms with E-state index in [1.807, 2.05) is 0 Å². The molecule has 0 N–H and O–H groups in total. The molecule has 0 aromatic rings. The second-order valence-electron chi connectivity index (χ2n) is 8.46. The van der Waals surface area contributed by atoms with Crippen LogP contribution in [0.2, 0.25) is 0 Å². The summed E-state index contributed by atoms with van der Waals surface area (Å²) in [6.07, 6.45) is 3.15. The molecule has 1 aliphatic heterocycles. The molecule has 35 heavy (non-hydrogen) atoms. The summed E-state index contributed by atoms with van der Waals surface area (Å²) in [5.41, 5.74) is 0. The quantitative estimate of drug-likeness (QED) is 0.118. The number of hydrogen-bond donors (Lipinski definition) is 0. The highest BCUT2D eigenvalue weighted by Gasteiger charge is 2.52. The van der Waals surface area contributed by atoms with E-state index < -0.39 is 54.6 Å². The Morgan fingerprint density at radius 2 is 1.14 bits per heavy atom. The zero-order chi connectivity index (χ0) is 26.2. The van der Waals surface area contributed by atoms with Crippen LogP contribution in [-0.2, 0) is 47.6 Å². The monoisotopic (exact) mass is 566 g/mol. The summed E-state index contributed by atoms with van der Waals surface area (Å²) in [5, 5.41) is 1.05. The Balaban J connectivity index is 2.83. The molecule has 0 saturated carbocycles. The summed E-state index contributed by atoms with van der Waals surface area (Å²) in [7, 11) is 0. The Kier molecular flexibility index (Phi) is 15.8. The minimum Gasteiger partial charge on any atom is -0.463 e. The molecule has 5 atom stereocenters. The van der Waals surface area contributed by atoms with E-state index in [-0.39, 0.29) is 6.61 Å². The van der Waals surface area contributed by atoms with Gasteiger partial charge in [-0.3, -0.25) is 19.2 Å². The first-order valence-electron chi connectivity index (χ1n) is 12.1. The van der Waals surface area contributed by atoms with E-state index in [2.05, 4.69) is 15.9 Å². The second-order valence-corrected chi connectivity index (χ2v) is 9.25. The van der Waals surface area contributed by atoms with Crippen LogP contribution in [0.25, 0.3) is 0 Å². The molecule has 0 amide bonds. The van der Waals surface area contributed by atoms with Gasteiger partial charge in [-0.2, -0.15) is 0 Å². The molecule has 11 heteroatoms. The van der Waals surface area contributed by atoms with Crippen LogP contribution < -0.4 is 0 Å². The van der Waals surface area contributed by atoms with Crippen LogP contribution in [0.3, 0.4) is 0 Å². The average Bonchev–Trinajstić information content (AvgIpc) is 2.76. The molecular weight excluding hydrogens is 528 g/mol. The predicted octanol–water partition coefficient (Wildman–Crippen LogP) is 3.60. The fourth-order valence-electron chi connectivity index (χ4n) is 3.78. The van der Waals surface area contributed by atoms with E-state index in [9.17, 15) is 19.2 Å². The molecule has 1 saturated heterocycles. The summed E-state index contributed by atoms with van der Waals surface area (Å²) in [5.74, 6) is -2.56. The van der Waals surface area contributed by atoms with Gasteiger partial charge in [0.1, 0.15) is 12.7 Å². The summed E-state index contributed by atoms with van der Waals surface area (Å²) >= 11 is 3.44. The highest BCUT2D eigenvalue weighted by molar-refractivity contribution is 9.09. The van der Waals surface area contributed by atoms with Crippen molar-refractivity contribution in [2.75, 3.05) is 18.5 Å². The Morgan fingerprint density at radius 1 is 0.657 bits per heavy atom. The topological polar surface area (TPSA) is 124 Å². The van der Waals surface area contributed by atoms with Gasteiger partial charge in [0.25, 0.3) is 0 Å². The van der Waals surface area contributed by atoms with Gasteiger partial charge in [-0.15, -0.1) is 0 Å². The van der Waals surface area contributed by atoms with Crippen molar-refractivity contribution in [2.24, 2.45) is 0 Å². The van der Waals surface area contributed by atoms with Gasteiger partial charge in [0, 0.05) is 39.6 Å². The lowest BCUT2D eigenvalue weighted by atomic mass is 9.98. The van der Waals surface area contributed by atoms with Crippen molar-refractivity contribution in [3.8, 4) is 0 Å².